The summed E-state index contributed by atoms with van der Waals surface area (Å²) in [6.45, 7) is 3.32. The van der Waals surface area contributed by atoms with Crippen LogP contribution in [0.1, 0.15) is 16.1 Å². The highest BCUT2D eigenvalue weighted by Gasteiger charge is 2.34. The molecule has 1 N–H and O–H groups in total. The van der Waals surface area contributed by atoms with Crippen molar-refractivity contribution in [1.29, 1.82) is 0 Å². The van der Waals surface area contributed by atoms with Gasteiger partial charge in [0, 0.05) is 33.7 Å². The molecular formula is C12H18N4O3. The lowest BCUT2D eigenvalue weighted by atomic mass is 10.1. The van der Waals surface area contributed by atoms with Crippen LogP contribution in [-0.2, 0) is 4.79 Å². The Balaban J connectivity index is 2.23. The summed E-state index contributed by atoms with van der Waals surface area (Å²) < 4.78 is 4.91. The van der Waals surface area contributed by atoms with Gasteiger partial charge in [-0.25, -0.2) is 0 Å². The molecule has 7 nitrogen and oxygen atoms in total. The highest BCUT2D eigenvalue weighted by Crippen LogP contribution is 2.14. The number of piperazine rings is 1. The van der Waals surface area contributed by atoms with Crippen LogP contribution in [0.2, 0.25) is 0 Å². The molecule has 2 amide bonds. The van der Waals surface area contributed by atoms with Gasteiger partial charge in [-0.2, -0.15) is 0 Å². The standard InChI is InChI=1S/C12H18N4O3/c1-8-9(6-14-19-8)11(17)16-5-4-13-7-10(16)12(18)15(2)3/h6,10,13H,4-5,7H2,1-3H3. The fourth-order valence-electron chi connectivity index (χ4n) is 2.12. The maximum absolute atomic E-state index is 12.4. The van der Waals surface area contributed by atoms with E-state index < -0.39 is 6.04 Å². The molecule has 1 aliphatic heterocycles. The topological polar surface area (TPSA) is 78.7 Å². The lowest BCUT2D eigenvalue weighted by Gasteiger charge is -2.36. The molecule has 19 heavy (non-hydrogen) atoms. The zero-order valence-electron chi connectivity index (χ0n) is 11.3. The number of amides is 2. The summed E-state index contributed by atoms with van der Waals surface area (Å²) in [5, 5.41) is 6.74. The quantitative estimate of drug-likeness (QED) is 0.779. The lowest BCUT2D eigenvalue weighted by Crippen LogP contribution is -2.59. The Kier molecular flexibility index (Phi) is 3.84. The number of aryl methyl sites for hydroxylation is 1. The van der Waals surface area contributed by atoms with Crippen molar-refractivity contribution in [1.82, 2.24) is 20.3 Å². The minimum Gasteiger partial charge on any atom is -0.361 e. The van der Waals surface area contributed by atoms with E-state index >= 15 is 0 Å². The fourth-order valence-corrected chi connectivity index (χ4v) is 2.12. The highest BCUT2D eigenvalue weighted by atomic mass is 16.5. The van der Waals surface area contributed by atoms with Crippen molar-refractivity contribution < 1.29 is 14.1 Å². The summed E-state index contributed by atoms with van der Waals surface area (Å²) in [5.41, 5.74) is 0.415. The minimum atomic E-state index is -0.481. The van der Waals surface area contributed by atoms with Crippen molar-refractivity contribution in [3.05, 3.63) is 17.5 Å². The molecule has 0 spiro atoms. The summed E-state index contributed by atoms with van der Waals surface area (Å²) in [7, 11) is 3.37. The molecule has 104 valence electrons. The highest BCUT2D eigenvalue weighted by molar-refractivity contribution is 5.98. The summed E-state index contributed by atoms with van der Waals surface area (Å²) in [6, 6.07) is -0.481. The predicted molar refractivity (Wildman–Crippen MR) is 67.6 cm³/mol. The summed E-state index contributed by atoms with van der Waals surface area (Å²) in [4.78, 5) is 27.6. The monoisotopic (exact) mass is 266 g/mol. The van der Waals surface area contributed by atoms with Crippen LogP contribution in [0.5, 0.6) is 0 Å². The van der Waals surface area contributed by atoms with Gasteiger partial charge in [-0.1, -0.05) is 5.16 Å². The number of nitrogens with one attached hydrogen (secondary N) is 1. The van der Waals surface area contributed by atoms with E-state index in [4.69, 9.17) is 4.52 Å². The van der Waals surface area contributed by atoms with E-state index in [9.17, 15) is 9.59 Å². The average molecular weight is 266 g/mol. The van der Waals surface area contributed by atoms with Crippen LogP contribution in [0.3, 0.4) is 0 Å². The molecule has 0 bridgehead atoms. The second-order valence-corrected chi connectivity index (χ2v) is 4.75. The maximum atomic E-state index is 12.4. The molecule has 1 unspecified atom stereocenters. The summed E-state index contributed by atoms with van der Waals surface area (Å²) in [5.74, 6) is 0.176. The van der Waals surface area contributed by atoms with Crippen molar-refractivity contribution in [2.75, 3.05) is 33.7 Å². The number of rotatable bonds is 2. The Bertz CT molecular complexity index is 483. The number of hydrogen-bond acceptors (Lipinski definition) is 5. The first-order valence-corrected chi connectivity index (χ1v) is 6.16. The number of carbonyl (C=O) groups excluding carboxylic acids is 2. The molecule has 0 aromatic carbocycles. The minimum absolute atomic E-state index is 0.0883. The Labute approximate surface area is 111 Å². The second kappa shape index (κ2) is 5.40. The van der Waals surface area contributed by atoms with Crippen LogP contribution in [0.15, 0.2) is 10.7 Å². The number of carbonyl (C=O) groups is 2. The van der Waals surface area contributed by atoms with E-state index in [1.54, 1.807) is 25.9 Å². The van der Waals surface area contributed by atoms with E-state index in [-0.39, 0.29) is 11.8 Å². The molecule has 7 heteroatoms. The van der Waals surface area contributed by atoms with Gasteiger partial charge in [0.2, 0.25) is 5.91 Å². The van der Waals surface area contributed by atoms with Crippen molar-refractivity contribution in [3.8, 4) is 0 Å². The SMILES string of the molecule is Cc1oncc1C(=O)N1CCNCC1C(=O)N(C)C. The molecule has 0 aliphatic carbocycles. The van der Waals surface area contributed by atoms with Crippen LogP contribution in [-0.4, -0.2) is 66.5 Å². The van der Waals surface area contributed by atoms with E-state index in [0.717, 1.165) is 0 Å². The summed E-state index contributed by atoms with van der Waals surface area (Å²) >= 11 is 0. The van der Waals surface area contributed by atoms with Crippen LogP contribution in [0, 0.1) is 6.92 Å². The van der Waals surface area contributed by atoms with Crippen LogP contribution in [0.25, 0.3) is 0 Å². The van der Waals surface area contributed by atoms with Crippen LogP contribution < -0.4 is 5.32 Å². The number of hydrogen-bond donors (Lipinski definition) is 1. The van der Waals surface area contributed by atoms with Gasteiger partial charge in [0.1, 0.15) is 17.4 Å². The zero-order chi connectivity index (χ0) is 14.0. The Morgan fingerprint density at radius 3 is 2.84 bits per heavy atom. The zero-order valence-corrected chi connectivity index (χ0v) is 11.3. The van der Waals surface area contributed by atoms with E-state index in [0.29, 0.717) is 31.0 Å². The first-order chi connectivity index (χ1) is 9.02. The van der Waals surface area contributed by atoms with Gasteiger partial charge in [-0.3, -0.25) is 9.59 Å². The average Bonchev–Trinajstić information content (AvgIpc) is 2.83. The third kappa shape index (κ3) is 2.60. The molecule has 2 heterocycles. The van der Waals surface area contributed by atoms with Crippen LogP contribution >= 0.6 is 0 Å². The van der Waals surface area contributed by atoms with Gasteiger partial charge in [-0.05, 0) is 6.92 Å². The van der Waals surface area contributed by atoms with Gasteiger partial charge in [0.25, 0.3) is 5.91 Å². The van der Waals surface area contributed by atoms with Crippen LogP contribution in [0.4, 0.5) is 0 Å². The predicted octanol–water partition coefficient (Wildman–Crippen LogP) is -0.515. The number of aromatic nitrogens is 1. The Morgan fingerprint density at radius 2 is 2.26 bits per heavy atom. The molecule has 1 aliphatic rings. The Hall–Kier alpha value is -1.89. The van der Waals surface area contributed by atoms with E-state index in [1.807, 2.05) is 0 Å². The van der Waals surface area contributed by atoms with Crippen molar-refractivity contribution in [2.45, 2.75) is 13.0 Å². The van der Waals surface area contributed by atoms with Crippen molar-refractivity contribution >= 4 is 11.8 Å². The molecular weight excluding hydrogens is 248 g/mol. The molecule has 1 aromatic rings. The van der Waals surface area contributed by atoms with E-state index in [2.05, 4.69) is 10.5 Å². The largest absolute Gasteiger partial charge is 0.361 e. The van der Waals surface area contributed by atoms with Crippen molar-refractivity contribution in [2.24, 2.45) is 0 Å². The molecule has 0 saturated carbocycles. The molecule has 1 fully saturated rings. The van der Waals surface area contributed by atoms with E-state index in [1.165, 1.54) is 11.1 Å². The maximum Gasteiger partial charge on any atom is 0.259 e. The molecule has 1 saturated heterocycles. The Morgan fingerprint density at radius 1 is 1.53 bits per heavy atom. The lowest BCUT2D eigenvalue weighted by molar-refractivity contribution is -0.134. The number of likely N-dealkylation sites (N-methyl/N-ethyl adjacent to an activating group) is 1. The second-order valence-electron chi connectivity index (χ2n) is 4.75. The smallest absolute Gasteiger partial charge is 0.259 e. The third-order valence-corrected chi connectivity index (χ3v) is 3.21. The fraction of sp³-hybridized carbons (Fsp3) is 0.583. The normalized spacial score (nSPS) is 19.3. The van der Waals surface area contributed by atoms with Gasteiger partial charge in [-0.15, -0.1) is 0 Å². The van der Waals surface area contributed by atoms with Gasteiger partial charge in [0.15, 0.2) is 0 Å². The third-order valence-electron chi connectivity index (χ3n) is 3.21. The molecule has 2 rings (SSSR count). The first-order valence-electron chi connectivity index (χ1n) is 6.16. The first kappa shape index (κ1) is 13.5. The summed E-state index contributed by atoms with van der Waals surface area (Å²) in [6.07, 6.45) is 1.40. The van der Waals surface area contributed by atoms with Gasteiger partial charge in [0.05, 0.1) is 6.20 Å². The number of nitrogens with zero attached hydrogens (tertiary/aromatic N) is 3. The van der Waals surface area contributed by atoms with Crippen molar-refractivity contribution in [3.63, 3.8) is 0 Å². The molecule has 0 radical (unpaired) electrons. The van der Waals surface area contributed by atoms with Gasteiger partial charge < -0.3 is 19.6 Å². The molecule has 1 atom stereocenters. The van der Waals surface area contributed by atoms with Gasteiger partial charge >= 0.3 is 0 Å². The molecule has 1 aromatic heterocycles.